The summed E-state index contributed by atoms with van der Waals surface area (Å²) in [4.78, 5) is 2.62. The standard InChI is InChI=1S/C17H26N2O/c1-14-5-6-16(20)15(11-14)12-19-10-9-18-13-17(19)7-3-2-4-8-17/h5-6,11,18,20H,2-4,7-10,12-13H2,1H3. The lowest BCUT2D eigenvalue weighted by Gasteiger charge is -2.50. The van der Waals surface area contributed by atoms with E-state index in [1.165, 1.54) is 37.7 Å². The Morgan fingerprint density at radius 3 is 2.85 bits per heavy atom. The van der Waals surface area contributed by atoms with E-state index in [-0.39, 0.29) is 0 Å². The zero-order valence-corrected chi connectivity index (χ0v) is 12.5. The Bertz CT molecular complexity index is 458. The van der Waals surface area contributed by atoms with Crippen LogP contribution in [0.3, 0.4) is 0 Å². The normalized spacial score (nSPS) is 23.1. The minimum Gasteiger partial charge on any atom is -0.508 e. The van der Waals surface area contributed by atoms with E-state index >= 15 is 0 Å². The minimum absolute atomic E-state index is 0.326. The monoisotopic (exact) mass is 274 g/mol. The van der Waals surface area contributed by atoms with Crippen molar-refractivity contribution in [1.82, 2.24) is 10.2 Å². The highest BCUT2D eigenvalue weighted by atomic mass is 16.3. The topological polar surface area (TPSA) is 35.5 Å². The molecule has 2 fully saturated rings. The Balaban J connectivity index is 1.81. The second-order valence-corrected chi connectivity index (χ2v) is 6.52. The average molecular weight is 274 g/mol. The van der Waals surface area contributed by atoms with Gasteiger partial charge in [0.2, 0.25) is 0 Å². The maximum Gasteiger partial charge on any atom is 0.120 e. The Kier molecular flexibility index (Phi) is 3.99. The van der Waals surface area contributed by atoms with Crippen LogP contribution in [0.4, 0.5) is 0 Å². The molecule has 1 aliphatic carbocycles. The molecule has 1 aromatic rings. The van der Waals surface area contributed by atoms with Crippen LogP contribution in [0, 0.1) is 6.92 Å². The molecule has 1 spiro atoms. The molecule has 0 amide bonds. The fraction of sp³-hybridized carbons (Fsp3) is 0.647. The summed E-state index contributed by atoms with van der Waals surface area (Å²) in [7, 11) is 0. The van der Waals surface area contributed by atoms with Gasteiger partial charge in [0.15, 0.2) is 0 Å². The highest BCUT2D eigenvalue weighted by molar-refractivity contribution is 5.35. The predicted octanol–water partition coefficient (Wildman–Crippen LogP) is 2.81. The van der Waals surface area contributed by atoms with Gasteiger partial charge in [0.25, 0.3) is 0 Å². The maximum absolute atomic E-state index is 10.1. The molecule has 20 heavy (non-hydrogen) atoms. The van der Waals surface area contributed by atoms with Gasteiger partial charge >= 0.3 is 0 Å². The second-order valence-electron chi connectivity index (χ2n) is 6.52. The molecule has 0 atom stereocenters. The zero-order chi connectivity index (χ0) is 14.0. The van der Waals surface area contributed by atoms with Crippen LogP contribution in [0.1, 0.15) is 43.2 Å². The van der Waals surface area contributed by atoms with Crippen LogP contribution in [0.25, 0.3) is 0 Å². The van der Waals surface area contributed by atoms with Crippen LogP contribution < -0.4 is 5.32 Å². The van der Waals surface area contributed by atoms with Crippen molar-refractivity contribution in [3.63, 3.8) is 0 Å². The fourth-order valence-electron chi connectivity index (χ4n) is 3.88. The van der Waals surface area contributed by atoms with Gasteiger partial charge in [-0.05, 0) is 25.8 Å². The molecular formula is C17H26N2O. The molecule has 0 aromatic heterocycles. The number of benzene rings is 1. The van der Waals surface area contributed by atoms with E-state index < -0.39 is 0 Å². The molecule has 0 bridgehead atoms. The lowest BCUT2D eigenvalue weighted by atomic mass is 9.79. The van der Waals surface area contributed by atoms with Crippen LogP contribution in [-0.4, -0.2) is 35.2 Å². The summed E-state index contributed by atoms with van der Waals surface area (Å²) in [5, 5.41) is 13.7. The number of hydrogen-bond acceptors (Lipinski definition) is 3. The number of rotatable bonds is 2. The molecule has 0 radical (unpaired) electrons. The molecule has 0 unspecified atom stereocenters. The van der Waals surface area contributed by atoms with Crippen LogP contribution in [0.15, 0.2) is 18.2 Å². The van der Waals surface area contributed by atoms with Gasteiger partial charge in [-0.25, -0.2) is 0 Å². The molecule has 3 nitrogen and oxygen atoms in total. The number of piperazine rings is 1. The van der Waals surface area contributed by atoms with Gasteiger partial charge in [-0.15, -0.1) is 0 Å². The first-order valence-electron chi connectivity index (χ1n) is 7.94. The van der Waals surface area contributed by atoms with Crippen molar-refractivity contribution in [2.24, 2.45) is 0 Å². The van der Waals surface area contributed by atoms with Crippen molar-refractivity contribution in [1.29, 1.82) is 0 Å². The summed E-state index contributed by atoms with van der Waals surface area (Å²) >= 11 is 0. The summed E-state index contributed by atoms with van der Waals surface area (Å²) in [5.74, 6) is 0.445. The van der Waals surface area contributed by atoms with Crippen molar-refractivity contribution in [3.8, 4) is 5.75 Å². The van der Waals surface area contributed by atoms with Gasteiger partial charge in [0.1, 0.15) is 5.75 Å². The summed E-state index contributed by atoms with van der Waals surface area (Å²) in [6.07, 6.45) is 6.67. The van der Waals surface area contributed by atoms with Gasteiger partial charge in [-0.1, -0.05) is 37.0 Å². The summed E-state index contributed by atoms with van der Waals surface area (Å²) in [6, 6.07) is 5.95. The zero-order valence-electron chi connectivity index (χ0n) is 12.5. The molecular weight excluding hydrogens is 248 g/mol. The number of nitrogens with one attached hydrogen (secondary N) is 1. The quantitative estimate of drug-likeness (QED) is 0.870. The van der Waals surface area contributed by atoms with Crippen molar-refractivity contribution in [2.45, 2.75) is 51.1 Å². The molecule has 3 heteroatoms. The first kappa shape index (κ1) is 13.9. The maximum atomic E-state index is 10.1. The lowest BCUT2D eigenvalue weighted by molar-refractivity contribution is 0.0204. The average Bonchev–Trinajstić information content (AvgIpc) is 2.46. The first-order valence-corrected chi connectivity index (χ1v) is 7.94. The van der Waals surface area contributed by atoms with Crippen LogP contribution in [0.5, 0.6) is 5.75 Å². The number of aromatic hydroxyl groups is 1. The Hall–Kier alpha value is -1.06. The number of hydrogen-bond donors (Lipinski definition) is 2. The fourth-order valence-corrected chi connectivity index (χ4v) is 3.88. The van der Waals surface area contributed by atoms with Crippen molar-refractivity contribution in [3.05, 3.63) is 29.3 Å². The van der Waals surface area contributed by atoms with E-state index in [2.05, 4.69) is 23.2 Å². The minimum atomic E-state index is 0.326. The molecule has 1 saturated heterocycles. The Morgan fingerprint density at radius 2 is 2.05 bits per heavy atom. The summed E-state index contributed by atoms with van der Waals surface area (Å²) in [5.41, 5.74) is 2.63. The smallest absolute Gasteiger partial charge is 0.120 e. The van der Waals surface area contributed by atoms with E-state index in [1.54, 1.807) is 0 Å². The van der Waals surface area contributed by atoms with Gasteiger partial charge in [-0.3, -0.25) is 4.90 Å². The van der Waals surface area contributed by atoms with E-state index in [9.17, 15) is 5.11 Å². The van der Waals surface area contributed by atoms with Gasteiger partial charge in [0.05, 0.1) is 0 Å². The highest BCUT2D eigenvalue weighted by Crippen LogP contribution is 2.36. The van der Waals surface area contributed by atoms with Crippen molar-refractivity contribution in [2.75, 3.05) is 19.6 Å². The molecule has 1 aromatic carbocycles. The van der Waals surface area contributed by atoms with Crippen LogP contribution >= 0.6 is 0 Å². The van der Waals surface area contributed by atoms with Crippen molar-refractivity contribution >= 4 is 0 Å². The summed E-state index contributed by atoms with van der Waals surface area (Å²) in [6.45, 7) is 6.24. The van der Waals surface area contributed by atoms with E-state index in [4.69, 9.17) is 0 Å². The molecule has 3 rings (SSSR count). The van der Waals surface area contributed by atoms with Gasteiger partial charge < -0.3 is 10.4 Å². The third kappa shape index (κ3) is 2.70. The van der Waals surface area contributed by atoms with E-state index in [0.717, 1.165) is 31.7 Å². The molecule has 2 aliphatic rings. The lowest BCUT2D eigenvalue weighted by Crippen LogP contribution is -2.61. The third-order valence-corrected chi connectivity index (χ3v) is 5.06. The highest BCUT2D eigenvalue weighted by Gasteiger charge is 2.39. The van der Waals surface area contributed by atoms with Crippen LogP contribution in [-0.2, 0) is 6.54 Å². The van der Waals surface area contributed by atoms with Crippen molar-refractivity contribution < 1.29 is 5.11 Å². The Morgan fingerprint density at radius 1 is 1.25 bits per heavy atom. The molecule has 110 valence electrons. The van der Waals surface area contributed by atoms with Gasteiger partial charge in [0, 0.05) is 37.3 Å². The molecule has 1 heterocycles. The van der Waals surface area contributed by atoms with E-state index in [0.29, 0.717) is 11.3 Å². The molecule has 1 saturated carbocycles. The van der Waals surface area contributed by atoms with Gasteiger partial charge in [-0.2, -0.15) is 0 Å². The number of aryl methyl sites for hydroxylation is 1. The van der Waals surface area contributed by atoms with E-state index in [1.807, 2.05) is 12.1 Å². The Labute approximate surface area is 122 Å². The molecule has 1 aliphatic heterocycles. The number of phenols is 1. The first-order chi connectivity index (χ1) is 9.70. The number of phenolic OH excluding ortho intramolecular Hbond substituents is 1. The predicted molar refractivity (Wildman–Crippen MR) is 81.9 cm³/mol. The second kappa shape index (κ2) is 5.74. The largest absolute Gasteiger partial charge is 0.508 e. The third-order valence-electron chi connectivity index (χ3n) is 5.06. The van der Waals surface area contributed by atoms with Crippen LogP contribution in [0.2, 0.25) is 0 Å². The molecule has 2 N–H and O–H groups in total. The SMILES string of the molecule is Cc1ccc(O)c(CN2CCNCC23CCCCC3)c1. The summed E-state index contributed by atoms with van der Waals surface area (Å²) < 4.78 is 0. The number of nitrogens with zero attached hydrogens (tertiary/aromatic N) is 1.